The number of hydrogen-bond acceptors (Lipinski definition) is 3. The van der Waals surface area contributed by atoms with Crippen molar-refractivity contribution in [1.82, 2.24) is 0 Å². The van der Waals surface area contributed by atoms with Crippen molar-refractivity contribution in [2.24, 2.45) is 0 Å². The van der Waals surface area contributed by atoms with Crippen LogP contribution in [0.25, 0.3) is 0 Å². The summed E-state index contributed by atoms with van der Waals surface area (Å²) < 4.78 is 1.35. The summed E-state index contributed by atoms with van der Waals surface area (Å²) in [6.07, 6.45) is 0. The minimum absolute atomic E-state index is 1.35. The maximum atomic E-state index is 7.17. The van der Waals surface area contributed by atoms with Crippen molar-refractivity contribution in [2.75, 3.05) is 0 Å². The van der Waals surface area contributed by atoms with Crippen LogP contribution in [0.5, 0.6) is 0 Å². The predicted molar refractivity (Wildman–Crippen MR) is 53.7 cm³/mol. The summed E-state index contributed by atoms with van der Waals surface area (Å²) >= 11 is 2.12. The van der Waals surface area contributed by atoms with Gasteiger partial charge in [0.05, 0.1) is 0 Å². The van der Waals surface area contributed by atoms with Crippen LogP contribution >= 0.6 is 0 Å². The fourth-order valence-corrected chi connectivity index (χ4v) is 1.20. The molecule has 0 unspecified atom stereocenters. The first kappa shape index (κ1) is 12.8. The zero-order chi connectivity index (χ0) is 10.4. The molecule has 0 aliphatic rings. The SMILES string of the molecule is OB(O)O.[Li][c]1cc(C)cc(C)c1. The third-order valence-corrected chi connectivity index (χ3v) is 1.37. The first-order valence-corrected chi connectivity index (χ1v) is 4.01. The minimum atomic E-state index is -2.17. The molecule has 0 aliphatic heterocycles. The average molecular weight is 174 g/mol. The van der Waals surface area contributed by atoms with E-state index in [0.29, 0.717) is 0 Å². The molecule has 3 nitrogen and oxygen atoms in total. The molecule has 0 heterocycles. The molecule has 0 bridgehead atoms. The fraction of sp³-hybridized carbons (Fsp3) is 0.250. The van der Waals surface area contributed by atoms with Crippen LogP contribution in [0.4, 0.5) is 0 Å². The average Bonchev–Trinajstić information content (AvgIpc) is 1.80. The van der Waals surface area contributed by atoms with Gasteiger partial charge in [-0.05, 0) is 0 Å². The summed E-state index contributed by atoms with van der Waals surface area (Å²) in [4.78, 5) is 0. The van der Waals surface area contributed by atoms with Crippen molar-refractivity contribution < 1.29 is 15.1 Å². The van der Waals surface area contributed by atoms with Crippen LogP contribution in [0.3, 0.4) is 0 Å². The zero-order valence-corrected chi connectivity index (χ0v) is 8.15. The van der Waals surface area contributed by atoms with E-state index in [2.05, 4.69) is 49.8 Å². The molecule has 3 N–H and O–H groups in total. The number of benzene rings is 1. The molecule has 5 heteroatoms. The second-order valence-corrected chi connectivity index (χ2v) is 3.01. The standard InChI is InChI=1S/C8H9.BH3O3.Li/c1-7-4-3-5-8(2)6-7;2-1(3)4;/h4-6H,1-2H3;2-4H;. The van der Waals surface area contributed by atoms with E-state index < -0.39 is 7.32 Å². The Morgan fingerprint density at radius 2 is 1.31 bits per heavy atom. The molecule has 1 rings (SSSR count). The van der Waals surface area contributed by atoms with Gasteiger partial charge in [-0.2, -0.15) is 0 Å². The molecule has 0 aliphatic carbocycles. The van der Waals surface area contributed by atoms with E-state index in [9.17, 15) is 0 Å². The van der Waals surface area contributed by atoms with Gasteiger partial charge in [0.25, 0.3) is 0 Å². The van der Waals surface area contributed by atoms with Crippen molar-refractivity contribution >= 4 is 29.3 Å². The van der Waals surface area contributed by atoms with Crippen molar-refractivity contribution in [3.05, 3.63) is 29.3 Å². The summed E-state index contributed by atoms with van der Waals surface area (Å²) in [6, 6.07) is 6.56. The summed E-state index contributed by atoms with van der Waals surface area (Å²) in [7, 11) is -2.17. The first-order valence-electron chi connectivity index (χ1n) is 4.01. The van der Waals surface area contributed by atoms with Crippen LogP contribution < -0.4 is 4.24 Å². The number of hydrogen-bond donors (Lipinski definition) is 3. The second-order valence-electron chi connectivity index (χ2n) is 3.01. The topological polar surface area (TPSA) is 60.7 Å². The van der Waals surface area contributed by atoms with Gasteiger partial charge >= 0.3 is 72.4 Å². The van der Waals surface area contributed by atoms with Crippen molar-refractivity contribution in [3.8, 4) is 0 Å². The molecular formula is C8H12BLiO3. The number of aryl methyl sites for hydroxylation is 2. The van der Waals surface area contributed by atoms with E-state index in [0.717, 1.165) is 0 Å². The van der Waals surface area contributed by atoms with Crippen LogP contribution in [-0.4, -0.2) is 40.1 Å². The molecule has 13 heavy (non-hydrogen) atoms. The van der Waals surface area contributed by atoms with Gasteiger partial charge in [-0.25, -0.2) is 0 Å². The van der Waals surface area contributed by atoms with E-state index in [1.54, 1.807) is 0 Å². The molecule has 0 radical (unpaired) electrons. The molecule has 0 saturated heterocycles. The van der Waals surface area contributed by atoms with E-state index in [-0.39, 0.29) is 0 Å². The molecule has 0 saturated carbocycles. The Morgan fingerprint density at radius 1 is 1.00 bits per heavy atom. The third-order valence-electron chi connectivity index (χ3n) is 1.37. The Morgan fingerprint density at radius 3 is 1.54 bits per heavy atom. The molecule has 1 aromatic carbocycles. The molecule has 0 amide bonds. The van der Waals surface area contributed by atoms with Crippen LogP contribution in [0, 0.1) is 13.8 Å². The van der Waals surface area contributed by atoms with Gasteiger partial charge in [-0.1, -0.05) is 0 Å². The van der Waals surface area contributed by atoms with Crippen LogP contribution in [-0.2, 0) is 0 Å². The van der Waals surface area contributed by atoms with Gasteiger partial charge in [0, 0.05) is 0 Å². The quantitative estimate of drug-likeness (QED) is 0.444. The summed E-state index contributed by atoms with van der Waals surface area (Å²) in [5.74, 6) is 0. The predicted octanol–water partition coefficient (Wildman–Crippen LogP) is -0.955. The summed E-state index contributed by atoms with van der Waals surface area (Å²) in [6.45, 7) is 4.25. The Labute approximate surface area is 87.8 Å². The second kappa shape index (κ2) is 6.25. The molecule has 0 atom stereocenters. The van der Waals surface area contributed by atoms with Crippen LogP contribution in [0.15, 0.2) is 18.2 Å². The van der Waals surface area contributed by atoms with E-state index in [4.69, 9.17) is 15.1 Å². The van der Waals surface area contributed by atoms with Gasteiger partial charge in [0.15, 0.2) is 0 Å². The monoisotopic (exact) mass is 174 g/mol. The van der Waals surface area contributed by atoms with Gasteiger partial charge in [0.1, 0.15) is 0 Å². The van der Waals surface area contributed by atoms with E-state index in [1.807, 2.05) is 0 Å². The van der Waals surface area contributed by atoms with Crippen LogP contribution in [0.2, 0.25) is 0 Å². The van der Waals surface area contributed by atoms with Crippen molar-refractivity contribution in [3.63, 3.8) is 0 Å². The Hall–Kier alpha value is -0.238. The fourth-order valence-electron chi connectivity index (χ4n) is 1.20. The van der Waals surface area contributed by atoms with Gasteiger partial charge in [0.2, 0.25) is 0 Å². The van der Waals surface area contributed by atoms with Crippen molar-refractivity contribution in [1.29, 1.82) is 0 Å². The molecular weight excluding hydrogens is 162 g/mol. The molecule has 0 aromatic heterocycles. The van der Waals surface area contributed by atoms with Crippen molar-refractivity contribution in [2.45, 2.75) is 13.8 Å². The van der Waals surface area contributed by atoms with E-state index in [1.165, 1.54) is 15.4 Å². The molecule has 66 valence electrons. The Balaban J connectivity index is 0.000000310. The zero-order valence-electron chi connectivity index (χ0n) is 8.15. The molecule has 1 aromatic rings. The van der Waals surface area contributed by atoms with E-state index >= 15 is 0 Å². The normalized spacial score (nSPS) is 8.85. The first-order chi connectivity index (χ1) is 5.91. The Kier molecular flexibility index (Phi) is 6.14. The maximum absolute atomic E-state index is 7.17. The van der Waals surface area contributed by atoms with Gasteiger partial charge in [-0.3, -0.25) is 0 Å². The van der Waals surface area contributed by atoms with Gasteiger partial charge < -0.3 is 15.1 Å². The number of rotatable bonds is 0. The third kappa shape index (κ3) is 8.10. The summed E-state index contributed by atoms with van der Waals surface area (Å²) in [5, 5.41) is 21.5. The van der Waals surface area contributed by atoms with Gasteiger partial charge in [-0.15, -0.1) is 0 Å². The Bertz CT molecular complexity index is 212. The van der Waals surface area contributed by atoms with Crippen LogP contribution in [0.1, 0.15) is 11.1 Å². The molecule has 0 spiro atoms. The molecule has 0 fully saturated rings. The summed E-state index contributed by atoms with van der Waals surface area (Å²) in [5.41, 5.74) is 2.71.